The van der Waals surface area contributed by atoms with Crippen molar-refractivity contribution in [2.24, 2.45) is 0 Å². The molecule has 0 aromatic heterocycles. The molecule has 2 aromatic rings. The molecule has 0 saturated heterocycles. The second kappa shape index (κ2) is 5.58. The van der Waals surface area contributed by atoms with E-state index in [0.717, 1.165) is 21.5 Å². The van der Waals surface area contributed by atoms with Crippen molar-refractivity contribution in [3.8, 4) is 0 Å². The number of rotatable bonds is 4. The minimum atomic E-state index is -0.0188. The van der Waals surface area contributed by atoms with E-state index in [1.165, 1.54) is 0 Å². The number of aldehydes is 2. The first kappa shape index (κ1) is 11.8. The monoisotopic (exact) mass is 290 g/mol. The average molecular weight is 289 g/mol. The van der Waals surface area contributed by atoms with Gasteiger partial charge in [-0.15, -0.1) is 0 Å². The Bertz CT molecular complexity index is 500. The molecule has 0 unspecified atom stereocenters. The molecule has 0 fully saturated rings. The van der Waals surface area contributed by atoms with Gasteiger partial charge in [0.2, 0.25) is 0 Å². The van der Waals surface area contributed by atoms with E-state index in [1.807, 2.05) is 36.4 Å². The van der Waals surface area contributed by atoms with Gasteiger partial charge in [0.15, 0.2) is 0 Å². The van der Waals surface area contributed by atoms with Crippen LogP contribution in [0.25, 0.3) is 0 Å². The second-order valence-electron chi connectivity index (χ2n) is 3.41. The number of benzene rings is 2. The third kappa shape index (κ3) is 2.70. The van der Waals surface area contributed by atoms with Gasteiger partial charge in [0.25, 0.3) is 0 Å². The van der Waals surface area contributed by atoms with Gasteiger partial charge in [-0.1, -0.05) is 0 Å². The van der Waals surface area contributed by atoms with E-state index in [1.54, 1.807) is 12.1 Å². The normalized spacial score (nSPS) is 9.88. The maximum atomic E-state index is 10.9. The van der Waals surface area contributed by atoms with E-state index in [0.29, 0.717) is 11.1 Å². The van der Waals surface area contributed by atoms with Crippen molar-refractivity contribution in [2.75, 3.05) is 0 Å². The summed E-state index contributed by atoms with van der Waals surface area (Å²) in [6, 6.07) is 15.0. The molecule has 2 aromatic carbocycles. The molecule has 0 atom stereocenters. The zero-order chi connectivity index (χ0) is 12.1. The molecule has 17 heavy (non-hydrogen) atoms. The zero-order valence-electron chi connectivity index (χ0n) is 9.00. The van der Waals surface area contributed by atoms with Crippen LogP contribution >= 0.6 is 0 Å². The first-order valence-electron chi connectivity index (χ1n) is 5.11. The van der Waals surface area contributed by atoms with Crippen LogP contribution in [-0.4, -0.2) is 27.5 Å². The SMILES string of the molecule is O=Cc1ccccc1[Se]c1ccccc1C=O. The Balaban J connectivity index is 2.37. The summed E-state index contributed by atoms with van der Waals surface area (Å²) in [4.78, 5) is 21.8. The van der Waals surface area contributed by atoms with E-state index in [-0.39, 0.29) is 15.0 Å². The van der Waals surface area contributed by atoms with Crippen molar-refractivity contribution in [2.45, 2.75) is 0 Å². The Labute approximate surface area is 106 Å². The Hall–Kier alpha value is -1.70. The molecule has 0 bridgehead atoms. The van der Waals surface area contributed by atoms with E-state index in [4.69, 9.17) is 0 Å². The molecule has 0 aliphatic rings. The standard InChI is InChI=1S/C14H10O2Se/c15-9-11-5-1-3-7-13(11)17-14-8-4-2-6-12(14)10-16/h1-10H. The van der Waals surface area contributed by atoms with Crippen molar-refractivity contribution < 1.29 is 9.59 Å². The maximum absolute atomic E-state index is 10.9. The van der Waals surface area contributed by atoms with Crippen LogP contribution in [0, 0.1) is 0 Å². The zero-order valence-corrected chi connectivity index (χ0v) is 10.7. The van der Waals surface area contributed by atoms with Crippen LogP contribution in [0.5, 0.6) is 0 Å². The quantitative estimate of drug-likeness (QED) is 0.621. The molecule has 0 spiro atoms. The molecule has 0 heterocycles. The molecule has 0 saturated carbocycles. The van der Waals surface area contributed by atoms with Gasteiger partial charge in [-0.3, -0.25) is 0 Å². The van der Waals surface area contributed by atoms with Gasteiger partial charge in [-0.05, 0) is 0 Å². The summed E-state index contributed by atoms with van der Waals surface area (Å²) in [5, 5.41) is 0. The predicted molar refractivity (Wildman–Crippen MR) is 68.7 cm³/mol. The van der Waals surface area contributed by atoms with Gasteiger partial charge in [0, 0.05) is 0 Å². The third-order valence-corrected chi connectivity index (χ3v) is 4.79. The van der Waals surface area contributed by atoms with Crippen molar-refractivity contribution in [1.29, 1.82) is 0 Å². The Kier molecular flexibility index (Phi) is 3.86. The molecule has 2 rings (SSSR count). The summed E-state index contributed by atoms with van der Waals surface area (Å²) < 4.78 is 2.01. The Morgan fingerprint density at radius 1 is 0.706 bits per heavy atom. The first-order valence-corrected chi connectivity index (χ1v) is 6.82. The van der Waals surface area contributed by atoms with Gasteiger partial charge in [0.05, 0.1) is 0 Å². The third-order valence-electron chi connectivity index (χ3n) is 2.31. The molecule has 0 amide bonds. The number of hydrogen-bond donors (Lipinski definition) is 0. The summed E-state index contributed by atoms with van der Waals surface area (Å²) in [6.45, 7) is 0. The minimum absolute atomic E-state index is 0.0188. The fourth-order valence-electron chi connectivity index (χ4n) is 1.46. The van der Waals surface area contributed by atoms with Crippen LogP contribution in [0.2, 0.25) is 0 Å². The first-order chi connectivity index (χ1) is 8.35. The van der Waals surface area contributed by atoms with Crippen molar-refractivity contribution in [3.05, 3.63) is 59.7 Å². The fraction of sp³-hybridized carbons (Fsp3) is 0. The molecule has 0 aliphatic carbocycles. The second-order valence-corrected chi connectivity index (χ2v) is 5.69. The molecule has 0 aliphatic heterocycles. The van der Waals surface area contributed by atoms with Gasteiger partial charge in [-0.25, -0.2) is 0 Å². The topological polar surface area (TPSA) is 34.1 Å². The molecular weight excluding hydrogens is 279 g/mol. The molecule has 0 N–H and O–H groups in total. The van der Waals surface area contributed by atoms with Crippen LogP contribution in [0.1, 0.15) is 20.7 Å². The van der Waals surface area contributed by atoms with Crippen LogP contribution in [0.4, 0.5) is 0 Å². The van der Waals surface area contributed by atoms with Crippen LogP contribution < -0.4 is 8.92 Å². The number of carbonyl (C=O) groups excluding carboxylic acids is 2. The Morgan fingerprint density at radius 3 is 1.53 bits per heavy atom. The van der Waals surface area contributed by atoms with Gasteiger partial charge >= 0.3 is 106 Å². The van der Waals surface area contributed by atoms with E-state index >= 15 is 0 Å². The number of hydrogen-bond acceptors (Lipinski definition) is 2. The molecular formula is C14H10O2Se. The predicted octanol–water partition coefficient (Wildman–Crippen LogP) is 0.967. The average Bonchev–Trinajstić information content (AvgIpc) is 2.40. The summed E-state index contributed by atoms with van der Waals surface area (Å²) >= 11 is -0.0188. The van der Waals surface area contributed by atoms with E-state index in [9.17, 15) is 9.59 Å². The van der Waals surface area contributed by atoms with Crippen LogP contribution in [0.15, 0.2) is 48.5 Å². The van der Waals surface area contributed by atoms with Crippen molar-refractivity contribution >= 4 is 36.5 Å². The fourth-order valence-corrected chi connectivity index (χ4v) is 3.55. The molecule has 0 radical (unpaired) electrons. The van der Waals surface area contributed by atoms with Crippen LogP contribution in [0.3, 0.4) is 0 Å². The van der Waals surface area contributed by atoms with Crippen molar-refractivity contribution in [3.63, 3.8) is 0 Å². The van der Waals surface area contributed by atoms with Gasteiger partial charge in [-0.2, -0.15) is 0 Å². The summed E-state index contributed by atoms with van der Waals surface area (Å²) in [7, 11) is 0. The number of carbonyl (C=O) groups is 2. The van der Waals surface area contributed by atoms with Crippen LogP contribution in [-0.2, 0) is 0 Å². The summed E-state index contributed by atoms with van der Waals surface area (Å²) in [6.07, 6.45) is 1.72. The van der Waals surface area contributed by atoms with Gasteiger partial charge in [0.1, 0.15) is 0 Å². The van der Waals surface area contributed by atoms with Gasteiger partial charge < -0.3 is 0 Å². The van der Waals surface area contributed by atoms with E-state index < -0.39 is 0 Å². The Morgan fingerprint density at radius 2 is 1.12 bits per heavy atom. The molecule has 2 nitrogen and oxygen atoms in total. The van der Waals surface area contributed by atoms with Crippen molar-refractivity contribution in [1.82, 2.24) is 0 Å². The molecule has 3 heteroatoms. The summed E-state index contributed by atoms with van der Waals surface area (Å²) in [5.74, 6) is 0. The van der Waals surface area contributed by atoms with E-state index in [2.05, 4.69) is 0 Å². The molecule has 84 valence electrons. The summed E-state index contributed by atoms with van der Waals surface area (Å²) in [5.41, 5.74) is 1.40.